The number of carboxylic acids is 1. The van der Waals surface area contributed by atoms with Gasteiger partial charge in [-0.2, -0.15) is 0 Å². The molecule has 17 heavy (non-hydrogen) atoms. The molecule has 2 amide bonds. The molecule has 0 rings (SSSR count). The topological polar surface area (TPSA) is 109 Å². The molecule has 0 saturated heterocycles. The molecule has 2 atom stereocenters. The number of carbonyl (C=O) groups excluding carboxylic acids is 2. The van der Waals surface area contributed by atoms with Crippen LogP contribution in [-0.4, -0.2) is 29.4 Å². The predicted molar refractivity (Wildman–Crippen MR) is 62.0 cm³/mol. The van der Waals surface area contributed by atoms with Crippen LogP contribution in [0.4, 0.5) is 0 Å². The van der Waals surface area contributed by atoms with Gasteiger partial charge in [-0.15, -0.1) is 0 Å². The van der Waals surface area contributed by atoms with E-state index in [0.29, 0.717) is 12.8 Å². The first-order valence-electron chi connectivity index (χ1n) is 5.67. The Bertz CT molecular complexity index is 291. The number of rotatable bonds is 8. The number of primary amides is 1. The van der Waals surface area contributed by atoms with E-state index in [1.54, 1.807) is 6.92 Å². The molecule has 0 heterocycles. The molecule has 0 aromatic carbocycles. The summed E-state index contributed by atoms with van der Waals surface area (Å²) in [5.41, 5.74) is 5.19. The molecular formula is C11H20N2O4. The number of amides is 2. The third-order valence-corrected chi connectivity index (χ3v) is 2.62. The molecule has 0 fully saturated rings. The maximum absolute atomic E-state index is 11.5. The molecule has 0 saturated carbocycles. The van der Waals surface area contributed by atoms with Gasteiger partial charge in [-0.1, -0.05) is 13.8 Å². The highest BCUT2D eigenvalue weighted by atomic mass is 16.4. The molecule has 98 valence electrons. The number of nitrogens with two attached hydrogens (primary N) is 1. The van der Waals surface area contributed by atoms with E-state index in [2.05, 4.69) is 5.32 Å². The Morgan fingerprint density at radius 3 is 2.35 bits per heavy atom. The van der Waals surface area contributed by atoms with E-state index in [0.717, 1.165) is 0 Å². The molecule has 6 nitrogen and oxygen atoms in total. The Morgan fingerprint density at radius 2 is 1.94 bits per heavy atom. The first kappa shape index (κ1) is 15.4. The van der Waals surface area contributed by atoms with Crippen LogP contribution in [0.15, 0.2) is 0 Å². The highest BCUT2D eigenvalue weighted by Gasteiger charge is 2.21. The zero-order chi connectivity index (χ0) is 13.4. The summed E-state index contributed by atoms with van der Waals surface area (Å²) in [5.74, 6) is -2.26. The monoisotopic (exact) mass is 244 g/mol. The van der Waals surface area contributed by atoms with Crippen LogP contribution >= 0.6 is 0 Å². The zero-order valence-electron chi connectivity index (χ0n) is 10.2. The van der Waals surface area contributed by atoms with Crippen molar-refractivity contribution in [1.29, 1.82) is 0 Å². The Kier molecular flexibility index (Phi) is 6.93. The van der Waals surface area contributed by atoms with Crippen LogP contribution in [0.5, 0.6) is 0 Å². The van der Waals surface area contributed by atoms with Crippen LogP contribution in [-0.2, 0) is 14.4 Å². The zero-order valence-corrected chi connectivity index (χ0v) is 10.2. The molecule has 0 aliphatic carbocycles. The summed E-state index contributed by atoms with van der Waals surface area (Å²) < 4.78 is 0. The van der Waals surface area contributed by atoms with Crippen LogP contribution in [0.25, 0.3) is 0 Å². The summed E-state index contributed by atoms with van der Waals surface area (Å²) in [6.07, 6.45) is 0.887. The van der Waals surface area contributed by atoms with Gasteiger partial charge >= 0.3 is 5.97 Å². The summed E-state index contributed by atoms with van der Waals surface area (Å²) >= 11 is 0. The number of nitrogens with one attached hydrogen (secondary N) is 1. The second kappa shape index (κ2) is 7.65. The lowest BCUT2D eigenvalue weighted by Gasteiger charge is -2.16. The first-order chi connectivity index (χ1) is 7.88. The number of aliphatic carboxylic acids is 1. The van der Waals surface area contributed by atoms with E-state index < -0.39 is 11.9 Å². The smallest absolute Gasteiger partial charge is 0.305 e. The van der Waals surface area contributed by atoms with Crippen LogP contribution in [0.2, 0.25) is 0 Å². The van der Waals surface area contributed by atoms with Crippen molar-refractivity contribution >= 4 is 17.8 Å². The largest absolute Gasteiger partial charge is 0.481 e. The van der Waals surface area contributed by atoms with Gasteiger partial charge in [-0.05, 0) is 12.8 Å². The molecule has 0 aromatic rings. The Morgan fingerprint density at radius 1 is 1.35 bits per heavy atom. The van der Waals surface area contributed by atoms with Gasteiger partial charge < -0.3 is 16.2 Å². The predicted octanol–water partition coefficient (Wildman–Crippen LogP) is 0.115. The van der Waals surface area contributed by atoms with Crippen molar-refractivity contribution in [2.75, 3.05) is 6.54 Å². The van der Waals surface area contributed by atoms with Gasteiger partial charge in [-0.25, -0.2) is 0 Å². The van der Waals surface area contributed by atoms with Gasteiger partial charge in [0.2, 0.25) is 11.8 Å². The highest BCUT2D eigenvalue weighted by Crippen LogP contribution is 2.15. The van der Waals surface area contributed by atoms with Gasteiger partial charge in [0.25, 0.3) is 0 Å². The lowest BCUT2D eigenvalue weighted by atomic mass is 9.92. The molecule has 0 aromatic heterocycles. The Hall–Kier alpha value is -1.59. The van der Waals surface area contributed by atoms with Crippen LogP contribution in [0.3, 0.4) is 0 Å². The molecule has 2 unspecified atom stereocenters. The lowest BCUT2D eigenvalue weighted by molar-refractivity contribution is -0.137. The number of carboxylic acid groups (broad SMARTS) is 1. The molecular weight excluding hydrogens is 224 g/mol. The van der Waals surface area contributed by atoms with Gasteiger partial charge in [-0.3, -0.25) is 14.4 Å². The minimum atomic E-state index is -0.957. The van der Waals surface area contributed by atoms with Crippen molar-refractivity contribution in [3.8, 4) is 0 Å². The van der Waals surface area contributed by atoms with Gasteiger partial charge in [0.05, 0.1) is 6.42 Å². The molecule has 0 radical (unpaired) electrons. The minimum absolute atomic E-state index is 0.103. The van der Waals surface area contributed by atoms with E-state index in [1.165, 1.54) is 0 Å². The van der Waals surface area contributed by atoms with Gasteiger partial charge in [0.15, 0.2) is 0 Å². The number of carbonyl (C=O) groups is 3. The molecule has 0 spiro atoms. The van der Waals surface area contributed by atoms with Crippen LogP contribution in [0.1, 0.15) is 33.1 Å². The van der Waals surface area contributed by atoms with Gasteiger partial charge in [0.1, 0.15) is 0 Å². The summed E-state index contributed by atoms with van der Waals surface area (Å²) in [6, 6.07) is 0. The van der Waals surface area contributed by atoms with Crippen molar-refractivity contribution < 1.29 is 19.5 Å². The number of hydrogen-bond acceptors (Lipinski definition) is 3. The fourth-order valence-electron chi connectivity index (χ4n) is 1.48. The maximum Gasteiger partial charge on any atom is 0.305 e. The second-order valence-corrected chi connectivity index (χ2v) is 4.08. The SMILES string of the molecule is CCC(CC(C)C(=O)NCCC(=O)O)C(N)=O. The normalized spacial score (nSPS) is 13.8. The van der Waals surface area contributed by atoms with Crippen molar-refractivity contribution in [2.24, 2.45) is 17.6 Å². The van der Waals surface area contributed by atoms with E-state index in [4.69, 9.17) is 10.8 Å². The van der Waals surface area contributed by atoms with Crippen LogP contribution < -0.4 is 11.1 Å². The van der Waals surface area contributed by atoms with E-state index in [1.807, 2.05) is 6.92 Å². The Balaban J connectivity index is 4.04. The van der Waals surface area contributed by atoms with E-state index in [9.17, 15) is 14.4 Å². The molecule has 0 bridgehead atoms. The fourth-order valence-corrected chi connectivity index (χ4v) is 1.48. The van der Waals surface area contributed by atoms with E-state index in [-0.39, 0.29) is 30.7 Å². The van der Waals surface area contributed by atoms with E-state index >= 15 is 0 Å². The summed E-state index contributed by atoms with van der Waals surface area (Å²) in [7, 11) is 0. The average molecular weight is 244 g/mol. The van der Waals surface area contributed by atoms with Crippen molar-refractivity contribution in [2.45, 2.75) is 33.1 Å². The molecule has 6 heteroatoms. The summed E-state index contributed by atoms with van der Waals surface area (Å²) in [4.78, 5) is 32.8. The minimum Gasteiger partial charge on any atom is -0.481 e. The highest BCUT2D eigenvalue weighted by molar-refractivity contribution is 5.81. The maximum atomic E-state index is 11.5. The first-order valence-corrected chi connectivity index (χ1v) is 5.67. The quantitative estimate of drug-likeness (QED) is 0.563. The van der Waals surface area contributed by atoms with Gasteiger partial charge in [0, 0.05) is 18.4 Å². The standard InChI is InChI=1S/C11H20N2O4/c1-3-8(10(12)16)6-7(2)11(17)13-5-4-9(14)15/h7-8H,3-6H2,1-2H3,(H2,12,16)(H,13,17)(H,14,15). The molecule has 0 aliphatic heterocycles. The average Bonchev–Trinajstić information content (AvgIpc) is 2.24. The second-order valence-electron chi connectivity index (χ2n) is 4.08. The summed E-state index contributed by atoms with van der Waals surface area (Å²) in [6.45, 7) is 3.64. The van der Waals surface area contributed by atoms with Crippen LogP contribution in [0, 0.1) is 11.8 Å². The molecule has 4 N–H and O–H groups in total. The lowest BCUT2D eigenvalue weighted by Crippen LogP contribution is -2.34. The molecule has 0 aliphatic rings. The fraction of sp³-hybridized carbons (Fsp3) is 0.727. The summed E-state index contributed by atoms with van der Waals surface area (Å²) in [5, 5.41) is 10.9. The van der Waals surface area contributed by atoms with Crippen molar-refractivity contribution in [3.05, 3.63) is 0 Å². The third kappa shape index (κ3) is 6.55. The third-order valence-electron chi connectivity index (χ3n) is 2.62. The van der Waals surface area contributed by atoms with Crippen molar-refractivity contribution in [3.63, 3.8) is 0 Å². The Labute approximate surface area is 101 Å². The number of hydrogen-bond donors (Lipinski definition) is 3. The van der Waals surface area contributed by atoms with Crippen molar-refractivity contribution in [1.82, 2.24) is 5.32 Å².